The van der Waals surface area contributed by atoms with E-state index in [0.29, 0.717) is 0 Å². The van der Waals surface area contributed by atoms with Crippen molar-refractivity contribution in [1.29, 1.82) is 0 Å². The van der Waals surface area contributed by atoms with E-state index >= 15 is 0 Å². The van der Waals surface area contributed by atoms with E-state index in [1.54, 1.807) is 0 Å². The summed E-state index contributed by atoms with van der Waals surface area (Å²) in [4.78, 5) is 0. The van der Waals surface area contributed by atoms with Crippen molar-refractivity contribution in [1.82, 2.24) is 0 Å². The summed E-state index contributed by atoms with van der Waals surface area (Å²) >= 11 is 0. The van der Waals surface area contributed by atoms with E-state index in [4.69, 9.17) is 0 Å². The second kappa shape index (κ2) is 5.20. The van der Waals surface area contributed by atoms with Crippen LogP contribution in [-0.2, 0) is 6.42 Å². The second-order valence-electron chi connectivity index (χ2n) is 4.54. The van der Waals surface area contributed by atoms with Crippen molar-refractivity contribution in [2.24, 2.45) is 5.92 Å². The van der Waals surface area contributed by atoms with E-state index in [1.807, 2.05) is 0 Å². The van der Waals surface area contributed by atoms with E-state index in [2.05, 4.69) is 36.5 Å². The Bertz CT molecular complexity index is 300. The highest BCUT2D eigenvalue weighted by Crippen LogP contribution is 2.25. The smallest absolute Gasteiger partial charge is 0.0372 e. The monoisotopic (exact) mass is 203 g/mol. The lowest BCUT2D eigenvalue weighted by Crippen LogP contribution is -2.11. The number of benzene rings is 1. The van der Waals surface area contributed by atoms with Crippen molar-refractivity contribution in [3.05, 3.63) is 29.8 Å². The zero-order valence-corrected chi connectivity index (χ0v) is 9.63. The SMILES string of the molecule is CCc1ccccc1NCC1CCCC1. The first-order chi connectivity index (χ1) is 7.40. The van der Waals surface area contributed by atoms with E-state index in [9.17, 15) is 0 Å². The summed E-state index contributed by atoms with van der Waals surface area (Å²) in [7, 11) is 0. The Morgan fingerprint density at radius 3 is 2.67 bits per heavy atom. The van der Waals surface area contributed by atoms with Crippen molar-refractivity contribution in [2.75, 3.05) is 11.9 Å². The van der Waals surface area contributed by atoms with Gasteiger partial charge in [0.25, 0.3) is 0 Å². The van der Waals surface area contributed by atoms with Gasteiger partial charge in [-0.15, -0.1) is 0 Å². The predicted octanol–water partition coefficient (Wildman–Crippen LogP) is 3.85. The van der Waals surface area contributed by atoms with Crippen LogP contribution >= 0.6 is 0 Å². The molecule has 1 aromatic carbocycles. The third-order valence-corrected chi connectivity index (χ3v) is 3.45. The molecule has 0 unspecified atom stereocenters. The largest absolute Gasteiger partial charge is 0.385 e. The number of hydrogen-bond donors (Lipinski definition) is 1. The Morgan fingerprint density at radius 1 is 1.20 bits per heavy atom. The highest BCUT2D eigenvalue weighted by Gasteiger charge is 2.14. The third-order valence-electron chi connectivity index (χ3n) is 3.45. The van der Waals surface area contributed by atoms with Crippen LogP contribution < -0.4 is 5.32 Å². The molecule has 2 rings (SSSR count). The topological polar surface area (TPSA) is 12.0 Å². The molecule has 1 saturated carbocycles. The summed E-state index contributed by atoms with van der Waals surface area (Å²) in [6.45, 7) is 3.38. The fourth-order valence-corrected chi connectivity index (χ4v) is 2.47. The van der Waals surface area contributed by atoms with Crippen LogP contribution in [0.15, 0.2) is 24.3 Å². The first-order valence-electron chi connectivity index (χ1n) is 6.22. The first kappa shape index (κ1) is 10.5. The maximum atomic E-state index is 3.61. The number of rotatable bonds is 4. The molecule has 1 fully saturated rings. The summed E-state index contributed by atoms with van der Waals surface area (Å²) in [5.74, 6) is 0.912. The molecule has 0 spiro atoms. The fourth-order valence-electron chi connectivity index (χ4n) is 2.47. The average molecular weight is 203 g/mol. The van der Waals surface area contributed by atoms with Gasteiger partial charge in [-0.2, -0.15) is 0 Å². The normalized spacial score (nSPS) is 16.9. The van der Waals surface area contributed by atoms with Crippen LogP contribution in [0.1, 0.15) is 38.2 Å². The van der Waals surface area contributed by atoms with Crippen LogP contribution in [0, 0.1) is 5.92 Å². The Balaban J connectivity index is 1.91. The third kappa shape index (κ3) is 2.74. The predicted molar refractivity (Wildman–Crippen MR) is 66.3 cm³/mol. The van der Waals surface area contributed by atoms with Gasteiger partial charge < -0.3 is 5.32 Å². The molecule has 0 amide bonds. The standard InChI is InChI=1S/C14H21N/c1-2-13-9-5-6-10-14(13)15-11-12-7-3-4-8-12/h5-6,9-10,12,15H,2-4,7-8,11H2,1H3. The molecular formula is C14H21N. The van der Waals surface area contributed by atoms with E-state index in [-0.39, 0.29) is 0 Å². The van der Waals surface area contributed by atoms with Crippen LogP contribution in [0.25, 0.3) is 0 Å². The highest BCUT2D eigenvalue weighted by atomic mass is 14.9. The average Bonchev–Trinajstić information content (AvgIpc) is 2.79. The maximum absolute atomic E-state index is 3.61. The lowest BCUT2D eigenvalue weighted by Gasteiger charge is -2.14. The van der Waals surface area contributed by atoms with Gasteiger partial charge in [0.2, 0.25) is 0 Å². The van der Waals surface area contributed by atoms with Crippen molar-refractivity contribution in [2.45, 2.75) is 39.0 Å². The molecule has 0 bridgehead atoms. The minimum atomic E-state index is 0.912. The summed E-state index contributed by atoms with van der Waals surface area (Å²) in [6.07, 6.45) is 6.82. The van der Waals surface area contributed by atoms with Crippen molar-refractivity contribution in [3.8, 4) is 0 Å². The molecule has 0 aliphatic heterocycles. The van der Waals surface area contributed by atoms with E-state index in [0.717, 1.165) is 18.9 Å². The number of nitrogens with one attached hydrogen (secondary N) is 1. The van der Waals surface area contributed by atoms with Gasteiger partial charge in [-0.1, -0.05) is 38.0 Å². The zero-order chi connectivity index (χ0) is 10.5. The molecule has 1 aromatic rings. The number of aryl methyl sites for hydroxylation is 1. The lowest BCUT2D eigenvalue weighted by molar-refractivity contribution is 0.579. The summed E-state index contributed by atoms with van der Waals surface area (Å²) < 4.78 is 0. The zero-order valence-electron chi connectivity index (χ0n) is 9.63. The molecule has 0 saturated heterocycles. The quantitative estimate of drug-likeness (QED) is 0.783. The molecule has 0 heterocycles. The van der Waals surface area contributed by atoms with Gasteiger partial charge in [0.1, 0.15) is 0 Å². The Labute approximate surface area is 92.9 Å². The van der Waals surface area contributed by atoms with Gasteiger partial charge in [-0.3, -0.25) is 0 Å². The molecular weight excluding hydrogens is 182 g/mol. The van der Waals surface area contributed by atoms with Crippen LogP contribution in [0.2, 0.25) is 0 Å². The molecule has 15 heavy (non-hydrogen) atoms. The maximum Gasteiger partial charge on any atom is 0.0372 e. The highest BCUT2D eigenvalue weighted by molar-refractivity contribution is 5.51. The van der Waals surface area contributed by atoms with Gasteiger partial charge in [0.05, 0.1) is 0 Å². The Hall–Kier alpha value is -0.980. The minimum absolute atomic E-state index is 0.912. The van der Waals surface area contributed by atoms with E-state index < -0.39 is 0 Å². The number of para-hydroxylation sites is 1. The summed E-state index contributed by atoms with van der Waals surface area (Å²) in [5, 5.41) is 3.61. The van der Waals surface area contributed by atoms with Crippen molar-refractivity contribution in [3.63, 3.8) is 0 Å². The van der Waals surface area contributed by atoms with Gasteiger partial charge in [-0.25, -0.2) is 0 Å². The molecule has 0 atom stereocenters. The van der Waals surface area contributed by atoms with E-state index in [1.165, 1.54) is 36.9 Å². The second-order valence-corrected chi connectivity index (χ2v) is 4.54. The lowest BCUT2D eigenvalue weighted by atomic mass is 10.1. The van der Waals surface area contributed by atoms with Crippen LogP contribution in [0.5, 0.6) is 0 Å². The van der Waals surface area contributed by atoms with Crippen LogP contribution in [0.4, 0.5) is 5.69 Å². The summed E-state index contributed by atoms with van der Waals surface area (Å²) in [6, 6.07) is 8.67. The van der Waals surface area contributed by atoms with Crippen molar-refractivity contribution < 1.29 is 0 Å². The molecule has 0 radical (unpaired) electrons. The summed E-state index contributed by atoms with van der Waals surface area (Å²) in [5.41, 5.74) is 2.78. The molecule has 82 valence electrons. The van der Waals surface area contributed by atoms with Gasteiger partial charge in [0, 0.05) is 12.2 Å². The Kier molecular flexibility index (Phi) is 3.65. The molecule has 1 aliphatic carbocycles. The molecule has 1 N–H and O–H groups in total. The van der Waals surface area contributed by atoms with Gasteiger partial charge >= 0.3 is 0 Å². The molecule has 0 aromatic heterocycles. The van der Waals surface area contributed by atoms with Gasteiger partial charge in [0.15, 0.2) is 0 Å². The first-order valence-corrected chi connectivity index (χ1v) is 6.22. The molecule has 1 aliphatic rings. The van der Waals surface area contributed by atoms with Crippen molar-refractivity contribution >= 4 is 5.69 Å². The number of hydrogen-bond acceptors (Lipinski definition) is 1. The number of anilines is 1. The molecule has 1 heteroatoms. The van der Waals surface area contributed by atoms with Crippen LogP contribution in [-0.4, -0.2) is 6.54 Å². The Morgan fingerprint density at radius 2 is 1.93 bits per heavy atom. The van der Waals surface area contributed by atoms with Gasteiger partial charge in [-0.05, 0) is 36.8 Å². The minimum Gasteiger partial charge on any atom is -0.385 e. The fraction of sp³-hybridized carbons (Fsp3) is 0.571. The molecule has 1 nitrogen and oxygen atoms in total. The van der Waals surface area contributed by atoms with Crippen LogP contribution in [0.3, 0.4) is 0 Å².